The minimum atomic E-state index is -0.674. The Morgan fingerprint density at radius 2 is 1.96 bits per heavy atom. The maximum atomic E-state index is 12.0. The van der Waals surface area contributed by atoms with E-state index in [0.29, 0.717) is 21.2 Å². The van der Waals surface area contributed by atoms with Gasteiger partial charge in [0.2, 0.25) is 5.90 Å². The van der Waals surface area contributed by atoms with Crippen molar-refractivity contribution < 1.29 is 14.5 Å². The van der Waals surface area contributed by atoms with Gasteiger partial charge in [-0.25, -0.2) is 9.79 Å². The zero-order valence-corrected chi connectivity index (χ0v) is 13.4. The molecular formula is C16H8Cl2N2O4. The van der Waals surface area contributed by atoms with Crippen LogP contribution in [0.25, 0.3) is 6.08 Å². The van der Waals surface area contributed by atoms with Crippen LogP contribution < -0.4 is 0 Å². The van der Waals surface area contributed by atoms with Gasteiger partial charge in [-0.3, -0.25) is 10.1 Å². The van der Waals surface area contributed by atoms with E-state index < -0.39 is 10.9 Å². The molecule has 120 valence electrons. The maximum absolute atomic E-state index is 12.0. The normalized spacial score (nSPS) is 15.3. The lowest BCUT2D eigenvalue weighted by atomic mass is 10.1. The van der Waals surface area contributed by atoms with E-state index in [1.165, 1.54) is 30.3 Å². The van der Waals surface area contributed by atoms with Gasteiger partial charge in [-0.05, 0) is 29.8 Å². The van der Waals surface area contributed by atoms with Crippen LogP contribution in [0.1, 0.15) is 11.1 Å². The van der Waals surface area contributed by atoms with Crippen molar-refractivity contribution in [1.82, 2.24) is 0 Å². The third kappa shape index (κ3) is 3.29. The zero-order valence-electron chi connectivity index (χ0n) is 11.9. The van der Waals surface area contributed by atoms with E-state index in [0.717, 1.165) is 0 Å². The lowest BCUT2D eigenvalue weighted by molar-refractivity contribution is -0.384. The number of nitro groups is 1. The average molecular weight is 363 g/mol. The van der Waals surface area contributed by atoms with Gasteiger partial charge in [-0.1, -0.05) is 35.3 Å². The van der Waals surface area contributed by atoms with E-state index in [-0.39, 0.29) is 17.3 Å². The Bertz CT molecular complexity index is 922. The highest BCUT2D eigenvalue weighted by molar-refractivity contribution is 6.36. The first kappa shape index (κ1) is 16.2. The molecule has 1 aliphatic rings. The molecular weight excluding hydrogens is 355 g/mol. The Hall–Kier alpha value is -2.70. The third-order valence-corrected chi connectivity index (χ3v) is 3.73. The summed E-state index contributed by atoms with van der Waals surface area (Å²) < 4.78 is 5.11. The average Bonchev–Trinajstić information content (AvgIpc) is 2.90. The summed E-state index contributed by atoms with van der Waals surface area (Å²) in [6, 6.07) is 10.5. The molecule has 24 heavy (non-hydrogen) atoms. The molecule has 0 N–H and O–H groups in total. The summed E-state index contributed by atoms with van der Waals surface area (Å²) in [4.78, 5) is 26.3. The highest BCUT2D eigenvalue weighted by Gasteiger charge is 2.26. The minimum Gasteiger partial charge on any atom is -0.402 e. The van der Waals surface area contributed by atoms with Crippen LogP contribution in [0.15, 0.2) is 53.2 Å². The van der Waals surface area contributed by atoms with Crippen LogP contribution in [-0.2, 0) is 9.53 Å². The fourth-order valence-electron chi connectivity index (χ4n) is 2.07. The summed E-state index contributed by atoms with van der Waals surface area (Å²) in [6.07, 6.45) is 1.40. The Labute approximate surface area is 146 Å². The SMILES string of the molecule is O=C1OC(c2cc(Cl)ccc2Cl)=NC1=Cc1cccc([N+](=O)[O-])c1. The Kier molecular flexibility index (Phi) is 4.33. The van der Waals surface area contributed by atoms with Crippen molar-refractivity contribution in [2.24, 2.45) is 4.99 Å². The number of carbonyl (C=O) groups excluding carboxylic acids is 1. The molecule has 0 amide bonds. The van der Waals surface area contributed by atoms with Gasteiger partial charge in [-0.2, -0.15) is 0 Å². The fraction of sp³-hybridized carbons (Fsp3) is 0. The Balaban J connectivity index is 1.99. The summed E-state index contributed by atoms with van der Waals surface area (Å²) >= 11 is 12.0. The number of nitrogens with zero attached hydrogens (tertiary/aromatic N) is 2. The van der Waals surface area contributed by atoms with Gasteiger partial charge in [0.05, 0.1) is 15.5 Å². The van der Waals surface area contributed by atoms with E-state index in [1.807, 2.05) is 0 Å². The van der Waals surface area contributed by atoms with Crippen molar-refractivity contribution in [3.8, 4) is 0 Å². The van der Waals surface area contributed by atoms with E-state index in [9.17, 15) is 14.9 Å². The number of aliphatic imine (C=N–C) groups is 1. The molecule has 0 atom stereocenters. The van der Waals surface area contributed by atoms with Gasteiger partial charge < -0.3 is 4.74 Å². The summed E-state index contributed by atoms with van der Waals surface area (Å²) in [5, 5.41) is 11.6. The molecule has 1 heterocycles. The van der Waals surface area contributed by atoms with Crippen LogP contribution in [0.5, 0.6) is 0 Å². The summed E-state index contributed by atoms with van der Waals surface area (Å²) in [5.41, 5.74) is 0.776. The molecule has 1 aliphatic heterocycles. The molecule has 2 aromatic rings. The standard InChI is InChI=1S/C16H8Cl2N2O4/c17-10-4-5-13(18)12(8-10)15-19-14(16(21)24-15)7-9-2-1-3-11(6-9)20(22)23/h1-8H. The Morgan fingerprint density at radius 1 is 1.17 bits per heavy atom. The van der Waals surface area contributed by atoms with Crippen molar-refractivity contribution in [3.63, 3.8) is 0 Å². The van der Waals surface area contributed by atoms with Crippen LogP contribution in [-0.4, -0.2) is 16.8 Å². The molecule has 2 aromatic carbocycles. The van der Waals surface area contributed by atoms with Gasteiger partial charge >= 0.3 is 5.97 Å². The number of nitro benzene ring substituents is 1. The lowest BCUT2D eigenvalue weighted by Gasteiger charge is -2.02. The van der Waals surface area contributed by atoms with Crippen molar-refractivity contribution in [2.75, 3.05) is 0 Å². The Morgan fingerprint density at radius 3 is 2.71 bits per heavy atom. The first-order valence-corrected chi connectivity index (χ1v) is 7.42. The second kappa shape index (κ2) is 6.43. The summed E-state index contributed by atoms with van der Waals surface area (Å²) in [7, 11) is 0. The smallest absolute Gasteiger partial charge is 0.363 e. The first-order valence-electron chi connectivity index (χ1n) is 6.66. The summed E-state index contributed by atoms with van der Waals surface area (Å²) in [6.45, 7) is 0. The van der Waals surface area contributed by atoms with Gasteiger partial charge in [0.25, 0.3) is 5.69 Å². The van der Waals surface area contributed by atoms with Crippen LogP contribution in [0.4, 0.5) is 5.69 Å². The molecule has 0 unspecified atom stereocenters. The molecule has 0 spiro atoms. The van der Waals surface area contributed by atoms with Crippen molar-refractivity contribution >= 4 is 46.8 Å². The number of hydrogen-bond acceptors (Lipinski definition) is 5. The minimum absolute atomic E-state index is 0.0153. The molecule has 3 rings (SSSR count). The zero-order chi connectivity index (χ0) is 17.3. The highest BCUT2D eigenvalue weighted by Crippen LogP contribution is 2.26. The third-order valence-electron chi connectivity index (χ3n) is 3.16. The molecule has 0 saturated carbocycles. The first-order chi connectivity index (χ1) is 11.4. The largest absolute Gasteiger partial charge is 0.402 e. The molecule has 0 fully saturated rings. The number of non-ortho nitro benzene ring substituents is 1. The number of halogens is 2. The second-order valence-corrected chi connectivity index (χ2v) is 5.66. The van der Waals surface area contributed by atoms with Crippen LogP contribution in [0.3, 0.4) is 0 Å². The van der Waals surface area contributed by atoms with Gasteiger partial charge in [0.1, 0.15) is 0 Å². The van der Waals surface area contributed by atoms with Crippen LogP contribution in [0, 0.1) is 10.1 Å². The molecule has 0 saturated heterocycles. The van der Waals surface area contributed by atoms with Gasteiger partial charge in [0.15, 0.2) is 5.70 Å². The number of esters is 1. The van der Waals surface area contributed by atoms with E-state index >= 15 is 0 Å². The van der Waals surface area contributed by atoms with Crippen molar-refractivity contribution in [2.45, 2.75) is 0 Å². The quantitative estimate of drug-likeness (QED) is 0.353. The molecule has 0 radical (unpaired) electrons. The maximum Gasteiger partial charge on any atom is 0.363 e. The lowest BCUT2D eigenvalue weighted by Crippen LogP contribution is -2.06. The summed E-state index contributed by atoms with van der Waals surface area (Å²) in [5.74, 6) is -0.642. The molecule has 8 heteroatoms. The number of benzene rings is 2. The van der Waals surface area contributed by atoms with E-state index in [1.54, 1.807) is 18.2 Å². The topological polar surface area (TPSA) is 81.8 Å². The monoisotopic (exact) mass is 362 g/mol. The number of rotatable bonds is 3. The molecule has 0 aromatic heterocycles. The van der Waals surface area contributed by atoms with Crippen LogP contribution >= 0.6 is 23.2 Å². The van der Waals surface area contributed by atoms with Crippen LogP contribution in [0.2, 0.25) is 10.0 Å². The highest BCUT2D eigenvalue weighted by atomic mass is 35.5. The molecule has 6 nitrogen and oxygen atoms in total. The molecule has 0 bridgehead atoms. The predicted octanol–water partition coefficient (Wildman–Crippen LogP) is 4.25. The number of cyclic esters (lactones) is 1. The van der Waals surface area contributed by atoms with Gasteiger partial charge in [0, 0.05) is 17.2 Å². The van der Waals surface area contributed by atoms with Gasteiger partial charge in [-0.15, -0.1) is 0 Å². The molecule has 0 aliphatic carbocycles. The number of hydrogen-bond donors (Lipinski definition) is 0. The second-order valence-electron chi connectivity index (χ2n) is 4.81. The van der Waals surface area contributed by atoms with Crippen molar-refractivity contribution in [1.29, 1.82) is 0 Å². The number of ether oxygens (including phenoxy) is 1. The van der Waals surface area contributed by atoms with E-state index in [4.69, 9.17) is 27.9 Å². The number of carbonyl (C=O) groups is 1. The van der Waals surface area contributed by atoms with Crippen molar-refractivity contribution in [3.05, 3.63) is 79.4 Å². The van der Waals surface area contributed by atoms with E-state index in [2.05, 4.69) is 4.99 Å². The fourth-order valence-corrected chi connectivity index (χ4v) is 2.44. The predicted molar refractivity (Wildman–Crippen MR) is 90.2 cm³/mol.